The molecule has 3 aromatic carbocycles. The molecule has 1 aliphatic rings. The number of fused-ring (bicyclic) bond motifs is 1. The lowest BCUT2D eigenvalue weighted by Gasteiger charge is -2.27. The quantitative estimate of drug-likeness (QED) is 0.0760. The zero-order chi connectivity index (χ0) is 35.2. The summed E-state index contributed by atoms with van der Waals surface area (Å²) in [5, 5.41) is 0. The van der Waals surface area contributed by atoms with E-state index in [4.69, 9.17) is 14.2 Å². The van der Waals surface area contributed by atoms with Crippen molar-refractivity contribution in [3.8, 4) is 22.6 Å². The number of ether oxygens (including phenoxy) is 3. The van der Waals surface area contributed by atoms with E-state index in [0.717, 1.165) is 53.2 Å². The molecular weight excluding hydrogens is 629 g/mol. The fraction of sp³-hybridized carbons (Fsp3) is 0.512. The third-order valence-corrected chi connectivity index (χ3v) is 9.51. The molecule has 4 rings (SSSR count). The molecule has 1 aliphatic carbocycles. The highest BCUT2D eigenvalue weighted by Gasteiger charge is 2.43. The summed E-state index contributed by atoms with van der Waals surface area (Å²) in [6.45, 7) is 7.24. The molecule has 0 N–H and O–H groups in total. The van der Waals surface area contributed by atoms with E-state index in [0.29, 0.717) is 43.6 Å². The Hall–Kier alpha value is -3.81. The van der Waals surface area contributed by atoms with Crippen LogP contribution in [0.1, 0.15) is 113 Å². The summed E-state index contributed by atoms with van der Waals surface area (Å²) >= 11 is 0. The van der Waals surface area contributed by atoms with Gasteiger partial charge in [0.2, 0.25) is 0 Å². The molecule has 0 aliphatic heterocycles. The summed E-state index contributed by atoms with van der Waals surface area (Å²) in [6.07, 6.45) is 3.07. The SMILES string of the molecule is CCCCCC[C@H](OC(=O)C1CCc2cc(OC(=O)c3ccc(-c4ccc(OCCCCC[C@@H](C)CC)cc4)cc3)ccc2C1)C(F)(F)F. The largest absolute Gasteiger partial charge is 0.494 e. The van der Waals surface area contributed by atoms with Gasteiger partial charge in [0.15, 0.2) is 6.10 Å². The molecule has 0 radical (unpaired) electrons. The van der Waals surface area contributed by atoms with Crippen LogP contribution in [0.3, 0.4) is 0 Å². The van der Waals surface area contributed by atoms with Crippen molar-refractivity contribution in [1.82, 2.24) is 0 Å². The predicted molar refractivity (Wildman–Crippen MR) is 187 cm³/mol. The van der Waals surface area contributed by atoms with E-state index >= 15 is 0 Å². The molecule has 0 bridgehead atoms. The van der Waals surface area contributed by atoms with Crippen molar-refractivity contribution in [2.75, 3.05) is 6.61 Å². The van der Waals surface area contributed by atoms with Gasteiger partial charge in [0.25, 0.3) is 0 Å². The van der Waals surface area contributed by atoms with E-state index in [1.54, 1.807) is 30.3 Å². The monoisotopic (exact) mass is 680 g/mol. The Morgan fingerprint density at radius 3 is 2.12 bits per heavy atom. The van der Waals surface area contributed by atoms with Gasteiger partial charge in [-0.1, -0.05) is 96.0 Å². The van der Waals surface area contributed by atoms with Gasteiger partial charge in [-0.3, -0.25) is 4.79 Å². The Morgan fingerprint density at radius 2 is 1.45 bits per heavy atom. The van der Waals surface area contributed by atoms with Crippen LogP contribution in [0.5, 0.6) is 11.5 Å². The lowest BCUT2D eigenvalue weighted by Crippen LogP contribution is -2.37. The van der Waals surface area contributed by atoms with E-state index in [-0.39, 0.29) is 12.8 Å². The summed E-state index contributed by atoms with van der Waals surface area (Å²) in [5.41, 5.74) is 4.14. The number of esters is 2. The highest BCUT2D eigenvalue weighted by Crippen LogP contribution is 2.33. The van der Waals surface area contributed by atoms with Crippen LogP contribution in [0.2, 0.25) is 0 Å². The number of hydrogen-bond donors (Lipinski definition) is 0. The zero-order valence-corrected chi connectivity index (χ0v) is 29.2. The number of alkyl halides is 3. The summed E-state index contributed by atoms with van der Waals surface area (Å²) in [4.78, 5) is 25.7. The summed E-state index contributed by atoms with van der Waals surface area (Å²) in [6, 6.07) is 20.4. The maximum absolute atomic E-state index is 13.5. The first kappa shape index (κ1) is 38.0. The number of carbonyl (C=O) groups excluding carboxylic acids is 2. The van der Waals surface area contributed by atoms with E-state index in [1.807, 2.05) is 43.3 Å². The van der Waals surface area contributed by atoms with Crippen LogP contribution in [0, 0.1) is 11.8 Å². The van der Waals surface area contributed by atoms with E-state index < -0.39 is 30.1 Å². The average Bonchev–Trinajstić information content (AvgIpc) is 3.10. The fourth-order valence-electron chi connectivity index (χ4n) is 6.15. The molecule has 5 nitrogen and oxygen atoms in total. The van der Waals surface area contributed by atoms with Gasteiger partial charge in [-0.05, 0) is 103 Å². The van der Waals surface area contributed by atoms with Crippen LogP contribution >= 0.6 is 0 Å². The van der Waals surface area contributed by atoms with Gasteiger partial charge in [0.1, 0.15) is 11.5 Å². The fourth-order valence-corrected chi connectivity index (χ4v) is 6.15. The third kappa shape index (κ3) is 11.9. The smallest absolute Gasteiger partial charge is 0.425 e. The first-order valence-electron chi connectivity index (χ1n) is 18.0. The molecule has 3 aromatic rings. The number of aryl methyl sites for hydroxylation is 1. The van der Waals surface area contributed by atoms with Gasteiger partial charge >= 0.3 is 18.1 Å². The van der Waals surface area contributed by atoms with Crippen molar-refractivity contribution in [3.05, 3.63) is 83.4 Å². The van der Waals surface area contributed by atoms with Crippen molar-refractivity contribution < 1.29 is 37.0 Å². The lowest BCUT2D eigenvalue weighted by atomic mass is 9.84. The number of halogens is 3. The Labute approximate surface area is 289 Å². The van der Waals surface area contributed by atoms with E-state index in [9.17, 15) is 22.8 Å². The average molecular weight is 681 g/mol. The van der Waals surface area contributed by atoms with Gasteiger partial charge in [-0.2, -0.15) is 13.2 Å². The van der Waals surface area contributed by atoms with Gasteiger partial charge < -0.3 is 14.2 Å². The minimum Gasteiger partial charge on any atom is -0.494 e. The highest BCUT2D eigenvalue weighted by molar-refractivity contribution is 5.91. The maximum atomic E-state index is 13.5. The number of rotatable bonds is 18. The predicted octanol–water partition coefficient (Wildman–Crippen LogP) is 11.1. The normalized spacial score (nSPS) is 15.6. The van der Waals surface area contributed by atoms with Crippen LogP contribution in [-0.4, -0.2) is 30.8 Å². The van der Waals surface area contributed by atoms with E-state index in [2.05, 4.69) is 13.8 Å². The minimum absolute atomic E-state index is 0.211. The summed E-state index contributed by atoms with van der Waals surface area (Å²) < 4.78 is 57.2. The van der Waals surface area contributed by atoms with Crippen LogP contribution in [-0.2, 0) is 22.4 Å². The second-order valence-corrected chi connectivity index (χ2v) is 13.4. The maximum Gasteiger partial charge on any atom is 0.425 e. The van der Waals surface area contributed by atoms with Crippen LogP contribution in [0.25, 0.3) is 11.1 Å². The first-order valence-corrected chi connectivity index (χ1v) is 18.0. The van der Waals surface area contributed by atoms with Crippen molar-refractivity contribution in [2.24, 2.45) is 11.8 Å². The topological polar surface area (TPSA) is 61.8 Å². The second kappa shape index (κ2) is 18.8. The van der Waals surface area contributed by atoms with Gasteiger partial charge in [0.05, 0.1) is 18.1 Å². The molecular formula is C41H51F3O5. The van der Waals surface area contributed by atoms with E-state index in [1.165, 1.54) is 25.7 Å². The number of carbonyl (C=O) groups is 2. The molecule has 3 atom stereocenters. The summed E-state index contributed by atoms with van der Waals surface area (Å²) in [7, 11) is 0. The number of unbranched alkanes of at least 4 members (excludes halogenated alkanes) is 5. The van der Waals surface area contributed by atoms with Crippen molar-refractivity contribution >= 4 is 11.9 Å². The van der Waals surface area contributed by atoms with Crippen molar-refractivity contribution in [2.45, 2.75) is 117 Å². The summed E-state index contributed by atoms with van der Waals surface area (Å²) in [5.74, 6) is 0.0783. The minimum atomic E-state index is -4.58. The second-order valence-electron chi connectivity index (χ2n) is 13.4. The van der Waals surface area contributed by atoms with Crippen LogP contribution in [0.15, 0.2) is 66.7 Å². The zero-order valence-electron chi connectivity index (χ0n) is 29.2. The molecule has 0 aromatic heterocycles. The molecule has 1 unspecified atom stereocenters. The van der Waals surface area contributed by atoms with Gasteiger partial charge in [0, 0.05) is 0 Å². The number of hydrogen-bond acceptors (Lipinski definition) is 5. The molecule has 0 spiro atoms. The molecule has 49 heavy (non-hydrogen) atoms. The Bertz CT molecular complexity index is 1470. The Morgan fingerprint density at radius 1 is 0.796 bits per heavy atom. The molecule has 266 valence electrons. The van der Waals surface area contributed by atoms with Crippen LogP contribution < -0.4 is 9.47 Å². The van der Waals surface area contributed by atoms with Crippen LogP contribution in [0.4, 0.5) is 13.2 Å². The third-order valence-electron chi connectivity index (χ3n) is 9.51. The molecule has 0 fully saturated rings. The molecule has 8 heteroatoms. The standard InChI is InChI=1S/C41H51F3O5/c1-4-6-7-10-13-38(41(42,43)44)49-40(46)35-19-18-34-28-37(25-22-33(34)27-35)48-39(45)32-16-14-30(15-17-32)31-20-23-36(24-21-31)47-26-11-8-9-12-29(3)5-2/h14-17,20-25,28-29,35,38H,4-13,18-19,26-27H2,1-3H3/t29-,35?,38-/m0/s1. The Kier molecular flexibility index (Phi) is 14.6. The number of benzene rings is 3. The molecule has 0 amide bonds. The Balaban J connectivity index is 1.25. The first-order chi connectivity index (χ1) is 23.6. The molecule has 0 saturated heterocycles. The van der Waals surface area contributed by atoms with Crippen molar-refractivity contribution in [1.29, 1.82) is 0 Å². The van der Waals surface area contributed by atoms with Crippen molar-refractivity contribution in [3.63, 3.8) is 0 Å². The molecule has 0 heterocycles. The lowest BCUT2D eigenvalue weighted by molar-refractivity contribution is -0.225. The highest BCUT2D eigenvalue weighted by atomic mass is 19.4. The molecule has 0 saturated carbocycles. The van der Waals surface area contributed by atoms with Gasteiger partial charge in [-0.15, -0.1) is 0 Å². The van der Waals surface area contributed by atoms with Gasteiger partial charge in [-0.25, -0.2) is 4.79 Å².